The van der Waals surface area contributed by atoms with Gasteiger partial charge in [0.05, 0.1) is 22.4 Å². The highest BCUT2D eigenvalue weighted by Gasteiger charge is 2.26. The number of hydrogen-bond donors (Lipinski definition) is 0. The van der Waals surface area contributed by atoms with Crippen molar-refractivity contribution in [2.75, 3.05) is 0 Å². The smallest absolute Gasteiger partial charge is 0.160 e. The molecule has 0 bridgehead atoms. The highest BCUT2D eigenvalue weighted by Crippen LogP contribution is 2.42. The van der Waals surface area contributed by atoms with Gasteiger partial charge in [0, 0.05) is 45.1 Å². The summed E-state index contributed by atoms with van der Waals surface area (Å²) in [6.07, 6.45) is 0.810. The summed E-state index contributed by atoms with van der Waals surface area (Å²) >= 11 is 0. The molecule has 1 aliphatic carbocycles. The molecule has 8 aromatic rings. The fraction of sp³-hybridized carbons (Fsp3) is 0.0244. The lowest BCUT2D eigenvalue weighted by atomic mass is 9.99. The molecule has 9 rings (SSSR count). The van der Waals surface area contributed by atoms with Crippen molar-refractivity contribution in [3.63, 3.8) is 0 Å². The minimum atomic E-state index is 0.763. The highest BCUT2D eigenvalue weighted by molar-refractivity contribution is 6.09. The second kappa shape index (κ2) is 9.89. The first-order chi connectivity index (χ1) is 21.8. The standard InChI is InChI=1S/C41H27N3/c1-3-12-27(13-4-1)39-36-26-31-24-30(22-23-33(31)40(36)43-41(42-39)28-14-5-2-6-15-28)29-16-11-17-32(25-29)44-37-20-9-7-18-34(37)35-19-8-10-21-38(35)44/h1-25H,26H2. The lowest BCUT2D eigenvalue weighted by Gasteiger charge is -2.11. The van der Waals surface area contributed by atoms with Gasteiger partial charge in [-0.15, -0.1) is 0 Å². The quantitative estimate of drug-likeness (QED) is 0.214. The Morgan fingerprint density at radius 2 is 1.05 bits per heavy atom. The Morgan fingerprint density at radius 3 is 1.77 bits per heavy atom. The zero-order valence-corrected chi connectivity index (χ0v) is 24.0. The van der Waals surface area contributed by atoms with Crippen molar-refractivity contribution >= 4 is 21.8 Å². The molecular formula is C41H27N3. The molecule has 3 heteroatoms. The van der Waals surface area contributed by atoms with Crippen LogP contribution in [0.4, 0.5) is 0 Å². The molecule has 206 valence electrons. The van der Waals surface area contributed by atoms with Gasteiger partial charge in [0.15, 0.2) is 5.82 Å². The van der Waals surface area contributed by atoms with Gasteiger partial charge in [0.2, 0.25) is 0 Å². The van der Waals surface area contributed by atoms with Crippen molar-refractivity contribution in [3.05, 3.63) is 163 Å². The Bertz CT molecular complexity index is 2300. The van der Waals surface area contributed by atoms with Crippen molar-refractivity contribution in [3.8, 4) is 50.7 Å². The summed E-state index contributed by atoms with van der Waals surface area (Å²) < 4.78 is 2.38. The molecule has 0 spiro atoms. The Kier molecular flexibility index (Phi) is 5.57. The molecule has 0 amide bonds. The Labute approximate surface area is 255 Å². The third-order valence-electron chi connectivity index (χ3n) is 8.83. The van der Waals surface area contributed by atoms with Gasteiger partial charge >= 0.3 is 0 Å². The molecule has 2 heterocycles. The third kappa shape index (κ3) is 3.90. The normalized spacial score (nSPS) is 12.0. The molecule has 0 saturated carbocycles. The minimum absolute atomic E-state index is 0.763. The van der Waals surface area contributed by atoms with E-state index in [1.54, 1.807) is 0 Å². The van der Waals surface area contributed by atoms with Crippen LogP contribution in [0.3, 0.4) is 0 Å². The molecule has 3 nitrogen and oxygen atoms in total. The average Bonchev–Trinajstić information content (AvgIpc) is 3.64. The van der Waals surface area contributed by atoms with Crippen LogP contribution in [0.2, 0.25) is 0 Å². The largest absolute Gasteiger partial charge is 0.309 e. The first kappa shape index (κ1) is 24.8. The van der Waals surface area contributed by atoms with E-state index < -0.39 is 0 Å². The lowest BCUT2D eigenvalue weighted by Crippen LogP contribution is -1.99. The average molecular weight is 562 g/mol. The van der Waals surface area contributed by atoms with Crippen LogP contribution in [0.1, 0.15) is 11.1 Å². The van der Waals surface area contributed by atoms with Crippen LogP contribution in [0.5, 0.6) is 0 Å². The summed E-state index contributed by atoms with van der Waals surface area (Å²) in [5.74, 6) is 0.763. The zero-order chi connectivity index (χ0) is 29.0. The van der Waals surface area contributed by atoms with E-state index in [2.05, 4.69) is 138 Å². The van der Waals surface area contributed by atoms with Crippen molar-refractivity contribution in [2.45, 2.75) is 6.42 Å². The molecule has 0 unspecified atom stereocenters. The summed E-state index contributed by atoms with van der Waals surface area (Å²) in [6, 6.07) is 53.9. The van der Waals surface area contributed by atoms with Gasteiger partial charge in [-0.3, -0.25) is 0 Å². The molecule has 0 N–H and O–H groups in total. The van der Waals surface area contributed by atoms with E-state index in [-0.39, 0.29) is 0 Å². The number of aromatic nitrogens is 3. The summed E-state index contributed by atoms with van der Waals surface area (Å²) in [5, 5.41) is 2.54. The third-order valence-corrected chi connectivity index (χ3v) is 8.83. The monoisotopic (exact) mass is 561 g/mol. The molecule has 6 aromatic carbocycles. The van der Waals surface area contributed by atoms with Crippen LogP contribution in [0.15, 0.2) is 152 Å². The van der Waals surface area contributed by atoms with Gasteiger partial charge in [-0.2, -0.15) is 0 Å². The molecule has 0 fully saturated rings. The Hall–Kier alpha value is -5.80. The zero-order valence-electron chi connectivity index (χ0n) is 24.0. The van der Waals surface area contributed by atoms with Crippen molar-refractivity contribution < 1.29 is 0 Å². The summed E-state index contributed by atoms with van der Waals surface area (Å²) in [4.78, 5) is 10.3. The van der Waals surface area contributed by atoms with Crippen molar-refractivity contribution in [1.82, 2.24) is 14.5 Å². The van der Waals surface area contributed by atoms with Gasteiger partial charge in [-0.25, -0.2) is 9.97 Å². The van der Waals surface area contributed by atoms with Crippen LogP contribution in [0, 0.1) is 0 Å². The van der Waals surface area contributed by atoms with Crippen LogP contribution in [0.25, 0.3) is 72.5 Å². The maximum atomic E-state index is 5.14. The predicted molar refractivity (Wildman–Crippen MR) is 181 cm³/mol. The van der Waals surface area contributed by atoms with Gasteiger partial charge < -0.3 is 4.57 Å². The second-order valence-electron chi connectivity index (χ2n) is 11.4. The van der Waals surface area contributed by atoms with Crippen LogP contribution < -0.4 is 0 Å². The van der Waals surface area contributed by atoms with E-state index in [1.807, 2.05) is 18.2 Å². The van der Waals surface area contributed by atoms with E-state index in [0.29, 0.717) is 0 Å². The minimum Gasteiger partial charge on any atom is -0.309 e. The topological polar surface area (TPSA) is 30.7 Å². The van der Waals surface area contributed by atoms with E-state index in [9.17, 15) is 0 Å². The summed E-state index contributed by atoms with van der Waals surface area (Å²) in [7, 11) is 0. The van der Waals surface area contributed by atoms with Crippen molar-refractivity contribution in [2.24, 2.45) is 0 Å². The molecule has 1 aliphatic rings. The van der Waals surface area contributed by atoms with Crippen LogP contribution in [-0.2, 0) is 6.42 Å². The van der Waals surface area contributed by atoms with Gasteiger partial charge in [-0.1, -0.05) is 127 Å². The molecular weight excluding hydrogens is 534 g/mol. The Morgan fingerprint density at radius 1 is 0.455 bits per heavy atom. The van der Waals surface area contributed by atoms with Crippen molar-refractivity contribution in [1.29, 1.82) is 0 Å². The molecule has 0 saturated heterocycles. The van der Waals surface area contributed by atoms with Gasteiger partial charge in [-0.05, 0) is 41.0 Å². The van der Waals surface area contributed by atoms with E-state index >= 15 is 0 Å². The molecule has 0 aliphatic heterocycles. The first-order valence-electron chi connectivity index (χ1n) is 15.1. The summed E-state index contributed by atoms with van der Waals surface area (Å²) in [6.45, 7) is 0. The van der Waals surface area contributed by atoms with Crippen LogP contribution in [-0.4, -0.2) is 14.5 Å². The first-order valence-corrected chi connectivity index (χ1v) is 15.1. The second-order valence-corrected chi connectivity index (χ2v) is 11.4. The predicted octanol–water partition coefficient (Wildman–Crippen LogP) is 10.1. The number of benzene rings is 6. The molecule has 2 aromatic heterocycles. The number of hydrogen-bond acceptors (Lipinski definition) is 2. The Balaban J connectivity index is 1.17. The maximum Gasteiger partial charge on any atom is 0.160 e. The molecule has 0 atom stereocenters. The van der Waals surface area contributed by atoms with Gasteiger partial charge in [0.25, 0.3) is 0 Å². The van der Waals surface area contributed by atoms with E-state index in [1.165, 1.54) is 49.6 Å². The molecule has 0 radical (unpaired) electrons. The van der Waals surface area contributed by atoms with E-state index in [4.69, 9.17) is 9.97 Å². The van der Waals surface area contributed by atoms with E-state index in [0.717, 1.165) is 40.4 Å². The fourth-order valence-corrected chi connectivity index (χ4v) is 6.79. The lowest BCUT2D eigenvalue weighted by molar-refractivity contribution is 1.13. The molecule has 44 heavy (non-hydrogen) atoms. The number of para-hydroxylation sites is 2. The SMILES string of the molecule is c1ccc(-c2nc(-c3ccccc3)c3c(n2)-c2ccc(-c4cccc(-n5c6ccccc6c6ccccc65)c4)cc2C3)cc1. The maximum absolute atomic E-state index is 5.14. The highest BCUT2D eigenvalue weighted by atomic mass is 15.0. The fourth-order valence-electron chi connectivity index (χ4n) is 6.79. The number of fused-ring (bicyclic) bond motifs is 6. The van der Waals surface area contributed by atoms with Crippen LogP contribution >= 0.6 is 0 Å². The number of rotatable bonds is 4. The van der Waals surface area contributed by atoms with Gasteiger partial charge in [0.1, 0.15) is 0 Å². The summed E-state index contributed by atoms with van der Waals surface area (Å²) in [5.41, 5.74) is 13.9. The number of nitrogens with zero attached hydrogens (tertiary/aromatic N) is 3.